The highest BCUT2D eigenvalue weighted by Crippen LogP contribution is 2.26. The van der Waals surface area contributed by atoms with Crippen LogP contribution in [0.5, 0.6) is 0 Å². The first-order chi connectivity index (χ1) is 13.8. The lowest BCUT2D eigenvalue weighted by atomic mass is 9.99. The van der Waals surface area contributed by atoms with E-state index in [9.17, 15) is 30.3 Å². The van der Waals surface area contributed by atoms with Crippen molar-refractivity contribution in [3.05, 3.63) is 35.9 Å². The number of rotatable bonds is 6. The molecule has 9 atom stereocenters. The van der Waals surface area contributed by atoms with Crippen molar-refractivity contribution in [1.29, 1.82) is 0 Å². The van der Waals surface area contributed by atoms with E-state index in [0.717, 1.165) is 0 Å². The summed E-state index contributed by atoms with van der Waals surface area (Å²) in [6, 6.07) is 7.92. The van der Waals surface area contributed by atoms with Crippen molar-refractivity contribution in [1.82, 2.24) is 0 Å². The Labute approximate surface area is 165 Å². The van der Waals surface area contributed by atoms with Crippen LogP contribution in [0.4, 0.5) is 0 Å². The van der Waals surface area contributed by atoms with Crippen LogP contribution in [0.1, 0.15) is 10.4 Å². The van der Waals surface area contributed by atoms with Gasteiger partial charge in [0, 0.05) is 0 Å². The third-order valence-electron chi connectivity index (χ3n) is 4.82. The van der Waals surface area contributed by atoms with Crippen LogP contribution in [0.15, 0.2) is 30.3 Å². The van der Waals surface area contributed by atoms with Crippen molar-refractivity contribution in [2.75, 3.05) is 13.2 Å². The first kappa shape index (κ1) is 22.0. The van der Waals surface area contributed by atoms with Crippen LogP contribution in [0.2, 0.25) is 0 Å². The van der Waals surface area contributed by atoms with Gasteiger partial charge in [-0.15, -0.1) is 0 Å². The third kappa shape index (κ3) is 4.74. The summed E-state index contributed by atoms with van der Waals surface area (Å²) in [5.74, 6) is -0.804. The van der Waals surface area contributed by atoms with E-state index in [1.165, 1.54) is 12.1 Å². The SMILES string of the molecule is O=C(OC1OC(COC2OC(CO)C(O)C2O)C(O)C(O)C1O)c1ccccc1. The number of hydrogen-bond acceptors (Lipinski definition) is 11. The number of esters is 1. The Bertz CT molecular complexity index is 671. The van der Waals surface area contributed by atoms with E-state index in [4.69, 9.17) is 24.1 Å². The standard InChI is InChI=1S/C18H24O11/c19-6-9-11(20)14(23)17(27-9)26-7-10-12(21)13(22)15(24)18(28-10)29-16(25)8-4-2-1-3-5-8/h1-5,9-15,17-24H,6-7H2. The predicted octanol–water partition coefficient (Wildman–Crippen LogP) is -2.89. The van der Waals surface area contributed by atoms with Crippen LogP contribution in [-0.2, 0) is 18.9 Å². The Kier molecular flexibility index (Phi) is 7.16. The molecular formula is C18H24O11. The van der Waals surface area contributed by atoms with Crippen molar-refractivity contribution in [3.63, 3.8) is 0 Å². The second-order valence-corrected chi connectivity index (χ2v) is 6.83. The molecule has 29 heavy (non-hydrogen) atoms. The normalized spacial score (nSPS) is 40.0. The largest absolute Gasteiger partial charge is 0.429 e. The molecule has 0 spiro atoms. The molecule has 2 heterocycles. The Morgan fingerprint density at radius 2 is 1.41 bits per heavy atom. The van der Waals surface area contributed by atoms with Gasteiger partial charge >= 0.3 is 5.97 Å². The zero-order valence-corrected chi connectivity index (χ0v) is 15.2. The fourth-order valence-electron chi connectivity index (χ4n) is 3.09. The average molecular weight is 416 g/mol. The van der Waals surface area contributed by atoms with Gasteiger partial charge in [0.2, 0.25) is 6.29 Å². The molecule has 2 aliphatic rings. The number of aliphatic hydroxyl groups excluding tert-OH is 6. The molecule has 2 saturated heterocycles. The molecule has 0 aromatic heterocycles. The Hall–Kier alpha value is -1.67. The van der Waals surface area contributed by atoms with Gasteiger partial charge in [0.15, 0.2) is 6.29 Å². The molecule has 1 aromatic carbocycles. The van der Waals surface area contributed by atoms with E-state index < -0.39 is 74.5 Å². The summed E-state index contributed by atoms with van der Waals surface area (Å²) in [7, 11) is 0. The minimum absolute atomic E-state index is 0.197. The molecule has 6 N–H and O–H groups in total. The van der Waals surface area contributed by atoms with E-state index in [0.29, 0.717) is 0 Å². The lowest BCUT2D eigenvalue weighted by Gasteiger charge is -2.40. The molecular weight excluding hydrogens is 392 g/mol. The molecule has 0 radical (unpaired) electrons. The second kappa shape index (κ2) is 9.43. The van der Waals surface area contributed by atoms with E-state index in [1.807, 2.05) is 0 Å². The summed E-state index contributed by atoms with van der Waals surface area (Å²) in [6.07, 6.45) is -13.0. The third-order valence-corrected chi connectivity index (χ3v) is 4.82. The minimum atomic E-state index is -1.71. The molecule has 0 amide bonds. The van der Waals surface area contributed by atoms with Crippen LogP contribution in [0.3, 0.4) is 0 Å². The lowest BCUT2D eigenvalue weighted by molar-refractivity contribution is -0.296. The van der Waals surface area contributed by atoms with Crippen molar-refractivity contribution < 1.29 is 54.4 Å². The maximum Gasteiger partial charge on any atom is 0.340 e. The van der Waals surface area contributed by atoms with Gasteiger partial charge in [0.25, 0.3) is 0 Å². The molecule has 2 fully saturated rings. The molecule has 0 saturated carbocycles. The van der Waals surface area contributed by atoms with Gasteiger partial charge in [-0.2, -0.15) is 0 Å². The van der Waals surface area contributed by atoms with Gasteiger partial charge in [0.1, 0.15) is 42.7 Å². The Morgan fingerprint density at radius 3 is 2.03 bits per heavy atom. The molecule has 11 nitrogen and oxygen atoms in total. The molecule has 11 heteroatoms. The average Bonchev–Trinajstić information content (AvgIpc) is 3.01. The van der Waals surface area contributed by atoms with Crippen molar-refractivity contribution >= 4 is 5.97 Å². The maximum absolute atomic E-state index is 12.2. The molecule has 3 rings (SSSR count). The quantitative estimate of drug-likeness (QED) is 0.263. The first-order valence-electron chi connectivity index (χ1n) is 9.03. The van der Waals surface area contributed by atoms with Gasteiger partial charge in [-0.3, -0.25) is 0 Å². The number of carbonyl (C=O) groups excluding carboxylic acids is 1. The minimum Gasteiger partial charge on any atom is -0.429 e. The van der Waals surface area contributed by atoms with E-state index >= 15 is 0 Å². The predicted molar refractivity (Wildman–Crippen MR) is 92.3 cm³/mol. The fraction of sp³-hybridized carbons (Fsp3) is 0.611. The van der Waals surface area contributed by atoms with Crippen molar-refractivity contribution in [3.8, 4) is 0 Å². The molecule has 0 bridgehead atoms. The number of hydrogen-bond donors (Lipinski definition) is 6. The van der Waals surface area contributed by atoms with Gasteiger partial charge in [-0.05, 0) is 12.1 Å². The van der Waals surface area contributed by atoms with Crippen LogP contribution in [-0.4, -0.2) is 105 Å². The highest BCUT2D eigenvalue weighted by Gasteiger charge is 2.48. The smallest absolute Gasteiger partial charge is 0.340 e. The number of aliphatic hydroxyl groups is 6. The zero-order chi connectivity index (χ0) is 21.1. The van der Waals surface area contributed by atoms with Crippen LogP contribution in [0.25, 0.3) is 0 Å². The van der Waals surface area contributed by atoms with Crippen LogP contribution in [0, 0.1) is 0 Å². The summed E-state index contributed by atoms with van der Waals surface area (Å²) in [4.78, 5) is 12.2. The topological polar surface area (TPSA) is 175 Å². The summed E-state index contributed by atoms with van der Waals surface area (Å²) in [5.41, 5.74) is 0.197. The Morgan fingerprint density at radius 1 is 0.828 bits per heavy atom. The lowest BCUT2D eigenvalue weighted by Crippen LogP contribution is -2.60. The van der Waals surface area contributed by atoms with Crippen molar-refractivity contribution in [2.45, 2.75) is 55.3 Å². The highest BCUT2D eigenvalue weighted by atomic mass is 16.7. The second-order valence-electron chi connectivity index (χ2n) is 6.83. The monoisotopic (exact) mass is 416 g/mol. The van der Waals surface area contributed by atoms with E-state index in [1.54, 1.807) is 18.2 Å². The number of ether oxygens (including phenoxy) is 4. The number of benzene rings is 1. The van der Waals surface area contributed by atoms with Crippen LogP contribution < -0.4 is 0 Å². The summed E-state index contributed by atoms with van der Waals surface area (Å²) in [6.45, 7) is -0.972. The molecule has 162 valence electrons. The fourth-order valence-corrected chi connectivity index (χ4v) is 3.09. The molecule has 0 aliphatic carbocycles. The molecule has 2 aliphatic heterocycles. The van der Waals surface area contributed by atoms with E-state index in [-0.39, 0.29) is 5.56 Å². The maximum atomic E-state index is 12.2. The van der Waals surface area contributed by atoms with Crippen LogP contribution >= 0.6 is 0 Å². The molecule has 9 unspecified atom stereocenters. The highest BCUT2D eigenvalue weighted by molar-refractivity contribution is 5.89. The number of carbonyl (C=O) groups is 1. The van der Waals surface area contributed by atoms with Gasteiger partial charge in [-0.25, -0.2) is 4.79 Å². The van der Waals surface area contributed by atoms with Gasteiger partial charge < -0.3 is 49.6 Å². The van der Waals surface area contributed by atoms with Crippen molar-refractivity contribution in [2.24, 2.45) is 0 Å². The Balaban J connectivity index is 1.61. The van der Waals surface area contributed by atoms with Gasteiger partial charge in [0.05, 0.1) is 18.8 Å². The first-order valence-corrected chi connectivity index (χ1v) is 9.03. The zero-order valence-electron chi connectivity index (χ0n) is 15.2. The molecule has 1 aromatic rings. The summed E-state index contributed by atoms with van der Waals surface area (Å²) in [5, 5.41) is 58.9. The van der Waals surface area contributed by atoms with E-state index in [2.05, 4.69) is 0 Å². The summed E-state index contributed by atoms with van der Waals surface area (Å²) >= 11 is 0. The summed E-state index contributed by atoms with van der Waals surface area (Å²) < 4.78 is 20.9. The van der Waals surface area contributed by atoms with Gasteiger partial charge in [-0.1, -0.05) is 18.2 Å².